The largest absolute Gasteiger partial charge is 0.481 e. The number of hydrogen-bond acceptors (Lipinski definition) is 2. The summed E-state index contributed by atoms with van der Waals surface area (Å²) in [6, 6.07) is 9.77. The second-order valence-electron chi connectivity index (χ2n) is 4.34. The van der Waals surface area contributed by atoms with E-state index in [0.29, 0.717) is 6.42 Å². The maximum absolute atomic E-state index is 11.9. The van der Waals surface area contributed by atoms with E-state index in [1.165, 1.54) is 0 Å². The van der Waals surface area contributed by atoms with Crippen molar-refractivity contribution in [2.75, 3.05) is 7.05 Å². The Morgan fingerprint density at radius 1 is 1.22 bits per heavy atom. The number of carbonyl (C=O) groups excluding carboxylic acids is 1. The molecule has 0 aliphatic heterocycles. The SMILES string of the molecule is CC(c1ccccc1)N(C)C(=O)CCCC(=O)O. The third-order valence-electron chi connectivity index (χ3n) is 3.04. The van der Waals surface area contributed by atoms with Gasteiger partial charge in [0.15, 0.2) is 0 Å². The van der Waals surface area contributed by atoms with E-state index in [0.717, 1.165) is 5.56 Å². The van der Waals surface area contributed by atoms with Crippen LogP contribution < -0.4 is 0 Å². The van der Waals surface area contributed by atoms with Gasteiger partial charge in [-0.1, -0.05) is 30.3 Å². The predicted octanol–water partition coefficient (Wildman–Crippen LogP) is 2.46. The Hall–Kier alpha value is -1.84. The lowest BCUT2D eigenvalue weighted by Crippen LogP contribution is -2.29. The summed E-state index contributed by atoms with van der Waals surface area (Å²) >= 11 is 0. The quantitative estimate of drug-likeness (QED) is 0.842. The van der Waals surface area contributed by atoms with E-state index >= 15 is 0 Å². The molecular weight excluding hydrogens is 230 g/mol. The van der Waals surface area contributed by atoms with Crippen molar-refractivity contribution in [3.63, 3.8) is 0 Å². The van der Waals surface area contributed by atoms with Crippen LogP contribution in [0, 0.1) is 0 Å². The maximum atomic E-state index is 11.9. The van der Waals surface area contributed by atoms with Gasteiger partial charge in [0.05, 0.1) is 6.04 Å². The Labute approximate surface area is 107 Å². The molecule has 0 heterocycles. The van der Waals surface area contributed by atoms with Gasteiger partial charge >= 0.3 is 5.97 Å². The molecule has 0 bridgehead atoms. The van der Waals surface area contributed by atoms with Crippen LogP contribution in [0.25, 0.3) is 0 Å². The fraction of sp³-hybridized carbons (Fsp3) is 0.429. The van der Waals surface area contributed by atoms with Crippen LogP contribution in [0.3, 0.4) is 0 Å². The zero-order valence-electron chi connectivity index (χ0n) is 10.8. The van der Waals surface area contributed by atoms with Crippen molar-refractivity contribution in [3.8, 4) is 0 Å². The molecule has 0 fully saturated rings. The van der Waals surface area contributed by atoms with Crippen LogP contribution in [-0.2, 0) is 9.59 Å². The first-order valence-corrected chi connectivity index (χ1v) is 6.04. The number of nitrogens with zero attached hydrogens (tertiary/aromatic N) is 1. The minimum Gasteiger partial charge on any atom is -0.481 e. The first-order chi connectivity index (χ1) is 8.52. The number of carbonyl (C=O) groups is 2. The molecule has 4 nitrogen and oxygen atoms in total. The molecule has 98 valence electrons. The lowest BCUT2D eigenvalue weighted by Gasteiger charge is -2.25. The molecule has 1 unspecified atom stereocenters. The number of amides is 1. The van der Waals surface area contributed by atoms with E-state index in [-0.39, 0.29) is 24.8 Å². The average Bonchev–Trinajstić information content (AvgIpc) is 2.37. The lowest BCUT2D eigenvalue weighted by molar-refractivity contribution is -0.137. The molecule has 1 aromatic carbocycles. The van der Waals surface area contributed by atoms with Gasteiger partial charge < -0.3 is 10.0 Å². The smallest absolute Gasteiger partial charge is 0.303 e. The molecule has 18 heavy (non-hydrogen) atoms. The second-order valence-corrected chi connectivity index (χ2v) is 4.34. The first-order valence-electron chi connectivity index (χ1n) is 6.04. The number of rotatable bonds is 6. The zero-order valence-corrected chi connectivity index (χ0v) is 10.8. The molecule has 0 aromatic heterocycles. The fourth-order valence-corrected chi connectivity index (χ4v) is 1.74. The Morgan fingerprint density at radius 2 is 1.83 bits per heavy atom. The van der Waals surface area contributed by atoms with Gasteiger partial charge in [0.1, 0.15) is 0 Å². The summed E-state index contributed by atoms with van der Waals surface area (Å²) < 4.78 is 0. The minimum absolute atomic E-state index is 0.00327. The molecule has 1 atom stereocenters. The highest BCUT2D eigenvalue weighted by molar-refractivity contribution is 5.77. The van der Waals surface area contributed by atoms with Crippen molar-refractivity contribution in [1.29, 1.82) is 0 Å². The van der Waals surface area contributed by atoms with Crippen LogP contribution in [0.5, 0.6) is 0 Å². The molecule has 0 radical (unpaired) electrons. The number of carboxylic acid groups (broad SMARTS) is 1. The van der Waals surface area contributed by atoms with Gasteiger partial charge in [-0.2, -0.15) is 0 Å². The van der Waals surface area contributed by atoms with E-state index < -0.39 is 5.97 Å². The first kappa shape index (κ1) is 14.2. The number of hydrogen-bond donors (Lipinski definition) is 1. The number of carboxylic acids is 1. The van der Waals surface area contributed by atoms with Crippen molar-refractivity contribution >= 4 is 11.9 Å². The maximum Gasteiger partial charge on any atom is 0.303 e. The normalized spacial score (nSPS) is 11.9. The lowest BCUT2D eigenvalue weighted by atomic mass is 10.1. The van der Waals surface area contributed by atoms with Gasteiger partial charge in [-0.05, 0) is 18.9 Å². The van der Waals surface area contributed by atoms with Crippen LogP contribution >= 0.6 is 0 Å². The summed E-state index contributed by atoms with van der Waals surface area (Å²) in [7, 11) is 1.75. The summed E-state index contributed by atoms with van der Waals surface area (Å²) in [6.45, 7) is 1.96. The van der Waals surface area contributed by atoms with Gasteiger partial charge in [0.25, 0.3) is 0 Å². The highest BCUT2D eigenvalue weighted by atomic mass is 16.4. The molecule has 1 aromatic rings. The van der Waals surface area contributed by atoms with Crippen molar-refractivity contribution < 1.29 is 14.7 Å². The molecule has 0 saturated carbocycles. The number of aliphatic carboxylic acids is 1. The Morgan fingerprint density at radius 3 is 2.39 bits per heavy atom. The molecule has 1 amide bonds. The summed E-state index contributed by atoms with van der Waals surface area (Å²) in [5.74, 6) is -0.880. The Balaban J connectivity index is 2.50. The van der Waals surface area contributed by atoms with E-state index in [2.05, 4.69) is 0 Å². The van der Waals surface area contributed by atoms with Crippen molar-refractivity contribution in [2.24, 2.45) is 0 Å². The monoisotopic (exact) mass is 249 g/mol. The van der Waals surface area contributed by atoms with Gasteiger partial charge in [-0.3, -0.25) is 9.59 Å². The van der Waals surface area contributed by atoms with Gasteiger partial charge in [-0.15, -0.1) is 0 Å². The molecule has 1 N–H and O–H groups in total. The topological polar surface area (TPSA) is 57.6 Å². The zero-order chi connectivity index (χ0) is 13.5. The molecule has 1 rings (SSSR count). The highest BCUT2D eigenvalue weighted by Crippen LogP contribution is 2.19. The Kier molecular flexibility index (Phi) is 5.36. The summed E-state index contributed by atoms with van der Waals surface area (Å²) in [6.07, 6.45) is 0.708. The summed E-state index contributed by atoms with van der Waals surface area (Å²) in [5.41, 5.74) is 1.08. The number of benzene rings is 1. The molecule has 0 aliphatic rings. The van der Waals surface area contributed by atoms with Crippen LogP contribution in [0.2, 0.25) is 0 Å². The van der Waals surface area contributed by atoms with Gasteiger partial charge in [-0.25, -0.2) is 0 Å². The third-order valence-corrected chi connectivity index (χ3v) is 3.04. The third kappa shape index (κ3) is 4.20. The van der Waals surface area contributed by atoms with E-state index in [4.69, 9.17) is 5.11 Å². The van der Waals surface area contributed by atoms with Gasteiger partial charge in [0, 0.05) is 19.9 Å². The predicted molar refractivity (Wildman–Crippen MR) is 69.1 cm³/mol. The van der Waals surface area contributed by atoms with E-state index in [1.807, 2.05) is 37.3 Å². The second kappa shape index (κ2) is 6.79. The van der Waals surface area contributed by atoms with Crippen LogP contribution in [0.4, 0.5) is 0 Å². The van der Waals surface area contributed by atoms with Crippen LogP contribution in [0.15, 0.2) is 30.3 Å². The van der Waals surface area contributed by atoms with Crippen molar-refractivity contribution in [1.82, 2.24) is 4.90 Å². The van der Waals surface area contributed by atoms with E-state index in [1.54, 1.807) is 11.9 Å². The molecule has 0 saturated heterocycles. The van der Waals surface area contributed by atoms with Crippen LogP contribution in [0.1, 0.15) is 37.8 Å². The van der Waals surface area contributed by atoms with Crippen LogP contribution in [-0.4, -0.2) is 28.9 Å². The fourth-order valence-electron chi connectivity index (χ4n) is 1.74. The average molecular weight is 249 g/mol. The van der Waals surface area contributed by atoms with Crippen molar-refractivity contribution in [3.05, 3.63) is 35.9 Å². The summed E-state index contributed by atoms with van der Waals surface area (Å²) in [5, 5.41) is 8.53. The van der Waals surface area contributed by atoms with Crippen molar-refractivity contribution in [2.45, 2.75) is 32.2 Å². The Bertz CT molecular complexity index is 403. The molecule has 4 heteroatoms. The minimum atomic E-state index is -0.860. The van der Waals surface area contributed by atoms with E-state index in [9.17, 15) is 9.59 Å². The molecule has 0 spiro atoms. The standard InChI is InChI=1S/C14H19NO3/c1-11(12-7-4-3-5-8-12)15(2)13(16)9-6-10-14(17)18/h3-5,7-8,11H,6,9-10H2,1-2H3,(H,17,18). The highest BCUT2D eigenvalue weighted by Gasteiger charge is 2.16. The molecule has 0 aliphatic carbocycles. The van der Waals surface area contributed by atoms with Gasteiger partial charge in [0.2, 0.25) is 5.91 Å². The summed E-state index contributed by atoms with van der Waals surface area (Å²) in [4.78, 5) is 23.9. The molecular formula is C14H19NO3.